The zero-order valence-electron chi connectivity index (χ0n) is 16.6. The van der Waals surface area contributed by atoms with Crippen LogP contribution in [0.15, 0.2) is 23.2 Å². The first-order chi connectivity index (χ1) is 13.1. The van der Waals surface area contributed by atoms with Gasteiger partial charge in [-0.3, -0.25) is 4.99 Å². The molecule has 7 heteroatoms. The summed E-state index contributed by atoms with van der Waals surface area (Å²) >= 11 is 0. The molecule has 1 aliphatic heterocycles. The molecule has 0 amide bonds. The molecule has 0 saturated carbocycles. The molecule has 27 heavy (non-hydrogen) atoms. The number of aryl methyl sites for hydroxylation is 1. The van der Waals surface area contributed by atoms with Gasteiger partial charge in [0.2, 0.25) is 0 Å². The molecule has 0 unspecified atom stereocenters. The number of hydrogen-bond donors (Lipinski definition) is 3. The molecule has 2 aromatic rings. The van der Waals surface area contributed by atoms with Crippen LogP contribution in [0.2, 0.25) is 0 Å². The van der Waals surface area contributed by atoms with E-state index in [1.807, 2.05) is 12.1 Å². The van der Waals surface area contributed by atoms with Crippen molar-refractivity contribution >= 4 is 16.9 Å². The summed E-state index contributed by atoms with van der Waals surface area (Å²) in [6.07, 6.45) is 1.93. The van der Waals surface area contributed by atoms with Crippen molar-refractivity contribution in [3.63, 3.8) is 0 Å². The molecule has 1 aromatic carbocycles. The Labute approximate surface area is 160 Å². The van der Waals surface area contributed by atoms with Gasteiger partial charge in [-0.15, -0.1) is 0 Å². The predicted octanol–water partition coefficient (Wildman–Crippen LogP) is 2.32. The van der Waals surface area contributed by atoms with Gasteiger partial charge in [-0.1, -0.05) is 6.92 Å². The summed E-state index contributed by atoms with van der Waals surface area (Å²) in [4.78, 5) is 7.75. The number of hydrogen-bond acceptors (Lipinski definition) is 4. The number of nitrogens with zero attached hydrogens (tertiary/aromatic N) is 1. The van der Waals surface area contributed by atoms with Gasteiger partial charge in [-0.05, 0) is 18.9 Å². The van der Waals surface area contributed by atoms with E-state index in [0.717, 1.165) is 67.5 Å². The molecule has 1 fully saturated rings. The number of nitrogens with one attached hydrogen (secondary N) is 3. The fourth-order valence-corrected chi connectivity index (χ4v) is 3.21. The SMILES string of the molecule is CN=C(NCCCc1cc2c(OC)cc(OC)cc2[nH]1)NCC1(C)COC1. The van der Waals surface area contributed by atoms with E-state index < -0.39 is 0 Å². The van der Waals surface area contributed by atoms with Crippen LogP contribution < -0.4 is 20.1 Å². The molecule has 7 nitrogen and oxygen atoms in total. The molecule has 0 radical (unpaired) electrons. The molecular weight excluding hydrogens is 344 g/mol. The van der Waals surface area contributed by atoms with E-state index in [9.17, 15) is 0 Å². The fourth-order valence-electron chi connectivity index (χ4n) is 3.21. The van der Waals surface area contributed by atoms with Crippen molar-refractivity contribution < 1.29 is 14.2 Å². The molecule has 0 spiro atoms. The number of fused-ring (bicyclic) bond motifs is 1. The van der Waals surface area contributed by atoms with Crippen LogP contribution in [0.1, 0.15) is 19.0 Å². The molecule has 3 rings (SSSR count). The Morgan fingerprint density at radius 1 is 1.22 bits per heavy atom. The number of ether oxygens (including phenoxy) is 3. The number of methoxy groups -OCH3 is 2. The lowest BCUT2D eigenvalue weighted by Gasteiger charge is -2.38. The van der Waals surface area contributed by atoms with Gasteiger partial charge in [0.1, 0.15) is 11.5 Å². The van der Waals surface area contributed by atoms with Gasteiger partial charge in [0.15, 0.2) is 5.96 Å². The maximum absolute atomic E-state index is 5.48. The molecule has 3 N–H and O–H groups in total. The first kappa shape index (κ1) is 19.4. The first-order valence-corrected chi connectivity index (χ1v) is 9.33. The fraction of sp³-hybridized carbons (Fsp3) is 0.550. The van der Waals surface area contributed by atoms with Gasteiger partial charge < -0.3 is 29.8 Å². The second kappa shape index (κ2) is 8.52. The number of rotatable bonds is 8. The smallest absolute Gasteiger partial charge is 0.190 e. The number of benzene rings is 1. The summed E-state index contributed by atoms with van der Waals surface area (Å²) < 4.78 is 16.1. The molecule has 1 saturated heterocycles. The van der Waals surface area contributed by atoms with E-state index in [0.29, 0.717) is 0 Å². The van der Waals surface area contributed by atoms with Gasteiger partial charge >= 0.3 is 0 Å². The quantitative estimate of drug-likeness (QED) is 0.375. The van der Waals surface area contributed by atoms with Crippen molar-refractivity contribution in [3.05, 3.63) is 23.9 Å². The Morgan fingerprint density at radius 2 is 2.04 bits per heavy atom. The van der Waals surface area contributed by atoms with Crippen LogP contribution in [-0.2, 0) is 11.2 Å². The molecule has 0 bridgehead atoms. The van der Waals surface area contributed by atoms with Crippen LogP contribution in [0.25, 0.3) is 10.9 Å². The van der Waals surface area contributed by atoms with E-state index in [1.165, 1.54) is 5.69 Å². The van der Waals surface area contributed by atoms with Gasteiger partial charge in [0.25, 0.3) is 0 Å². The van der Waals surface area contributed by atoms with E-state index in [1.54, 1.807) is 21.3 Å². The number of aromatic amines is 1. The highest BCUT2D eigenvalue weighted by atomic mass is 16.5. The summed E-state index contributed by atoms with van der Waals surface area (Å²) in [6.45, 7) is 5.56. The average molecular weight is 374 g/mol. The third-order valence-corrected chi connectivity index (χ3v) is 4.91. The van der Waals surface area contributed by atoms with E-state index in [4.69, 9.17) is 14.2 Å². The van der Waals surface area contributed by atoms with E-state index >= 15 is 0 Å². The Balaban J connectivity index is 1.49. The predicted molar refractivity (Wildman–Crippen MR) is 108 cm³/mol. The van der Waals surface area contributed by atoms with Crippen molar-refractivity contribution in [2.45, 2.75) is 19.8 Å². The summed E-state index contributed by atoms with van der Waals surface area (Å²) in [5, 5.41) is 7.83. The standard InChI is InChI=1S/C20H30N4O3/c1-20(12-27-13-20)11-23-19(21-2)22-7-5-6-14-8-16-17(24-14)9-15(25-3)10-18(16)26-4/h8-10,24H,5-7,11-13H2,1-4H3,(H2,21,22,23). The maximum Gasteiger partial charge on any atom is 0.190 e. The van der Waals surface area contributed by atoms with Gasteiger partial charge in [-0.25, -0.2) is 0 Å². The maximum atomic E-state index is 5.48. The summed E-state index contributed by atoms with van der Waals surface area (Å²) in [6, 6.07) is 6.05. The zero-order chi connectivity index (χ0) is 19.3. The second-order valence-corrected chi connectivity index (χ2v) is 7.35. The Bertz CT molecular complexity index is 796. The van der Waals surface area contributed by atoms with Gasteiger partial charge in [0.05, 0.1) is 33.0 Å². The Kier molecular flexibility index (Phi) is 6.11. The van der Waals surface area contributed by atoms with Gasteiger partial charge in [-0.2, -0.15) is 0 Å². The highest BCUT2D eigenvalue weighted by Gasteiger charge is 2.33. The summed E-state index contributed by atoms with van der Waals surface area (Å²) in [5.41, 5.74) is 2.44. The Hall–Kier alpha value is -2.41. The lowest BCUT2D eigenvalue weighted by molar-refractivity contribution is -0.0971. The molecule has 148 valence electrons. The summed E-state index contributed by atoms with van der Waals surface area (Å²) in [5.74, 6) is 2.45. The molecule has 2 heterocycles. The van der Waals surface area contributed by atoms with E-state index in [2.05, 4.69) is 33.6 Å². The zero-order valence-corrected chi connectivity index (χ0v) is 16.6. The highest BCUT2D eigenvalue weighted by molar-refractivity contribution is 5.88. The van der Waals surface area contributed by atoms with Crippen LogP contribution in [0, 0.1) is 5.41 Å². The monoisotopic (exact) mass is 374 g/mol. The average Bonchev–Trinajstić information content (AvgIpc) is 3.07. The minimum atomic E-state index is 0.224. The minimum Gasteiger partial charge on any atom is -0.497 e. The largest absolute Gasteiger partial charge is 0.497 e. The van der Waals surface area contributed by atoms with Crippen LogP contribution in [0.5, 0.6) is 11.5 Å². The highest BCUT2D eigenvalue weighted by Crippen LogP contribution is 2.31. The third kappa shape index (κ3) is 4.66. The normalized spacial score (nSPS) is 16.1. The summed E-state index contributed by atoms with van der Waals surface area (Å²) in [7, 11) is 5.14. The van der Waals surface area contributed by atoms with Crippen molar-refractivity contribution in [2.24, 2.45) is 10.4 Å². The van der Waals surface area contributed by atoms with Gasteiger partial charge in [0, 0.05) is 48.8 Å². The molecule has 0 atom stereocenters. The topological polar surface area (TPSA) is 79.9 Å². The first-order valence-electron chi connectivity index (χ1n) is 9.33. The third-order valence-electron chi connectivity index (χ3n) is 4.91. The van der Waals surface area contributed by atoms with Crippen molar-refractivity contribution in [3.8, 4) is 11.5 Å². The second-order valence-electron chi connectivity index (χ2n) is 7.35. The number of H-pyrrole nitrogens is 1. The molecular formula is C20H30N4O3. The molecule has 1 aliphatic rings. The molecule has 1 aromatic heterocycles. The minimum absolute atomic E-state index is 0.224. The lowest BCUT2D eigenvalue weighted by Crippen LogP contribution is -2.51. The van der Waals surface area contributed by atoms with Crippen LogP contribution in [0.3, 0.4) is 0 Å². The van der Waals surface area contributed by atoms with Crippen LogP contribution in [-0.4, -0.2) is 58.5 Å². The number of aliphatic imine (C=N–C) groups is 1. The van der Waals surface area contributed by atoms with Crippen molar-refractivity contribution in [1.82, 2.24) is 15.6 Å². The lowest BCUT2D eigenvalue weighted by atomic mass is 9.89. The number of aromatic nitrogens is 1. The van der Waals surface area contributed by atoms with Crippen molar-refractivity contribution in [1.29, 1.82) is 0 Å². The van der Waals surface area contributed by atoms with Crippen LogP contribution >= 0.6 is 0 Å². The number of guanidine groups is 1. The van der Waals surface area contributed by atoms with Crippen molar-refractivity contribution in [2.75, 3.05) is 47.6 Å². The molecule has 0 aliphatic carbocycles. The Morgan fingerprint density at radius 3 is 2.67 bits per heavy atom. The van der Waals surface area contributed by atoms with Crippen LogP contribution in [0.4, 0.5) is 0 Å². The van der Waals surface area contributed by atoms with E-state index in [-0.39, 0.29) is 5.41 Å².